The molecule has 1 aromatic heterocycles. The Morgan fingerprint density at radius 1 is 1.41 bits per heavy atom. The molecule has 0 bridgehead atoms. The van der Waals surface area contributed by atoms with E-state index in [-0.39, 0.29) is 5.91 Å². The maximum Gasteiger partial charge on any atom is 0.306 e. The molecular formula is C20H17ClFNO4S2. The minimum Gasteiger partial charge on any atom is -0.481 e. The van der Waals surface area contributed by atoms with E-state index in [9.17, 15) is 14.0 Å². The molecule has 152 valence electrons. The summed E-state index contributed by atoms with van der Waals surface area (Å²) in [5, 5.41) is 9.30. The molecule has 5 nitrogen and oxygen atoms in total. The number of carbonyl (C=O) groups excluding carboxylic acids is 1. The van der Waals surface area contributed by atoms with Crippen LogP contribution in [0.3, 0.4) is 0 Å². The summed E-state index contributed by atoms with van der Waals surface area (Å²) >= 11 is 12.5. The van der Waals surface area contributed by atoms with Crippen LogP contribution in [0, 0.1) is 11.7 Å². The van der Waals surface area contributed by atoms with Gasteiger partial charge in [0.25, 0.3) is 5.91 Å². The number of hydrogen-bond donors (Lipinski definition) is 1. The third-order valence-electron chi connectivity index (χ3n) is 4.41. The molecule has 2 heterocycles. The van der Waals surface area contributed by atoms with Crippen LogP contribution >= 0.6 is 35.6 Å². The standard InChI is InChI=1S/C20H17ClFNO4S2/c1-11(19(25)26)3-2-8-23-18(24)17(29-20(23)28)10-13-5-7-16(27-13)14-9-12(22)4-6-15(14)21/h4-7,9-11H,2-3,8H2,1H3,(H,25,26)/b17-10-. The van der Waals surface area contributed by atoms with E-state index in [0.29, 0.717) is 50.7 Å². The summed E-state index contributed by atoms with van der Waals surface area (Å²) in [4.78, 5) is 25.4. The maximum absolute atomic E-state index is 13.5. The van der Waals surface area contributed by atoms with E-state index in [0.717, 1.165) is 11.8 Å². The predicted molar refractivity (Wildman–Crippen MR) is 115 cm³/mol. The number of halogens is 2. The summed E-state index contributed by atoms with van der Waals surface area (Å²) in [5.74, 6) is -1.20. The molecule has 1 aromatic carbocycles. The van der Waals surface area contributed by atoms with Gasteiger partial charge in [-0.3, -0.25) is 14.5 Å². The molecule has 1 amide bonds. The van der Waals surface area contributed by atoms with Crippen molar-refractivity contribution in [1.29, 1.82) is 0 Å². The number of thioether (sulfide) groups is 1. The Labute approximate surface area is 181 Å². The van der Waals surface area contributed by atoms with Gasteiger partial charge < -0.3 is 9.52 Å². The van der Waals surface area contributed by atoms with Crippen molar-refractivity contribution in [3.05, 3.63) is 51.8 Å². The molecule has 0 radical (unpaired) electrons. The van der Waals surface area contributed by atoms with Gasteiger partial charge in [-0.1, -0.05) is 42.5 Å². The van der Waals surface area contributed by atoms with Crippen LogP contribution < -0.4 is 0 Å². The van der Waals surface area contributed by atoms with Gasteiger partial charge in [-0.05, 0) is 43.2 Å². The van der Waals surface area contributed by atoms with Gasteiger partial charge in [0.05, 0.1) is 15.8 Å². The van der Waals surface area contributed by atoms with Crippen LogP contribution in [0.1, 0.15) is 25.5 Å². The van der Waals surface area contributed by atoms with Crippen molar-refractivity contribution in [2.75, 3.05) is 6.54 Å². The van der Waals surface area contributed by atoms with E-state index in [2.05, 4.69) is 0 Å². The molecule has 1 saturated heterocycles. The Morgan fingerprint density at radius 2 is 2.17 bits per heavy atom. The fraction of sp³-hybridized carbons (Fsp3) is 0.250. The molecule has 0 saturated carbocycles. The summed E-state index contributed by atoms with van der Waals surface area (Å²) in [5.41, 5.74) is 0.423. The molecule has 1 atom stereocenters. The van der Waals surface area contributed by atoms with Gasteiger partial charge in [0.2, 0.25) is 0 Å². The van der Waals surface area contributed by atoms with Crippen molar-refractivity contribution in [2.45, 2.75) is 19.8 Å². The van der Waals surface area contributed by atoms with Gasteiger partial charge in [-0.2, -0.15) is 0 Å². The lowest BCUT2D eigenvalue weighted by Crippen LogP contribution is -2.29. The van der Waals surface area contributed by atoms with Gasteiger partial charge in [0.1, 0.15) is 21.7 Å². The van der Waals surface area contributed by atoms with Crippen molar-refractivity contribution in [3.63, 3.8) is 0 Å². The number of carbonyl (C=O) groups is 2. The first-order valence-electron chi connectivity index (χ1n) is 8.79. The number of nitrogens with zero attached hydrogens (tertiary/aromatic N) is 1. The molecule has 29 heavy (non-hydrogen) atoms. The second-order valence-corrected chi connectivity index (χ2v) is 8.62. The molecule has 1 fully saturated rings. The molecule has 3 rings (SSSR count). The Bertz CT molecular complexity index is 1000. The van der Waals surface area contributed by atoms with Crippen molar-refractivity contribution in [1.82, 2.24) is 4.90 Å². The zero-order chi connectivity index (χ0) is 21.1. The van der Waals surface area contributed by atoms with Gasteiger partial charge in [0, 0.05) is 18.2 Å². The molecule has 1 unspecified atom stereocenters. The number of rotatable bonds is 7. The number of carboxylic acid groups (broad SMARTS) is 1. The lowest BCUT2D eigenvalue weighted by molar-refractivity contribution is -0.141. The minimum absolute atomic E-state index is 0.246. The number of carboxylic acids is 1. The van der Waals surface area contributed by atoms with Crippen molar-refractivity contribution >= 4 is 57.9 Å². The first kappa shape index (κ1) is 21.5. The second kappa shape index (κ2) is 9.11. The highest BCUT2D eigenvalue weighted by atomic mass is 35.5. The Balaban J connectivity index is 1.71. The average molecular weight is 454 g/mol. The van der Waals surface area contributed by atoms with Crippen LogP contribution in [0.4, 0.5) is 4.39 Å². The molecule has 1 aliphatic rings. The molecule has 2 aromatic rings. The summed E-state index contributed by atoms with van der Waals surface area (Å²) in [7, 11) is 0. The highest BCUT2D eigenvalue weighted by molar-refractivity contribution is 8.26. The second-order valence-electron chi connectivity index (χ2n) is 6.54. The quantitative estimate of drug-likeness (QED) is 0.444. The predicted octanol–water partition coefficient (Wildman–Crippen LogP) is 5.44. The molecular weight excluding hydrogens is 437 g/mol. The van der Waals surface area contributed by atoms with Crippen molar-refractivity contribution in [2.24, 2.45) is 5.92 Å². The summed E-state index contributed by atoms with van der Waals surface area (Å²) in [6, 6.07) is 7.31. The molecule has 1 aliphatic heterocycles. The third-order valence-corrected chi connectivity index (χ3v) is 6.12. The number of furan rings is 1. The maximum atomic E-state index is 13.5. The van der Waals surface area contributed by atoms with E-state index in [1.165, 1.54) is 23.1 Å². The molecule has 9 heteroatoms. The molecule has 0 spiro atoms. The zero-order valence-corrected chi connectivity index (χ0v) is 17.7. The first-order chi connectivity index (χ1) is 13.8. The normalized spacial score (nSPS) is 16.7. The van der Waals surface area contributed by atoms with Crippen LogP contribution in [0.2, 0.25) is 5.02 Å². The lowest BCUT2D eigenvalue weighted by atomic mass is 10.1. The van der Waals surface area contributed by atoms with Crippen LogP contribution in [-0.2, 0) is 9.59 Å². The minimum atomic E-state index is -0.859. The Morgan fingerprint density at radius 3 is 2.90 bits per heavy atom. The highest BCUT2D eigenvalue weighted by Crippen LogP contribution is 2.35. The average Bonchev–Trinajstić information content (AvgIpc) is 3.23. The highest BCUT2D eigenvalue weighted by Gasteiger charge is 2.32. The Kier molecular flexibility index (Phi) is 6.77. The number of amides is 1. The summed E-state index contributed by atoms with van der Waals surface area (Å²) < 4.78 is 19.6. The van der Waals surface area contributed by atoms with E-state index < -0.39 is 17.7 Å². The zero-order valence-electron chi connectivity index (χ0n) is 15.4. The van der Waals surface area contributed by atoms with Gasteiger partial charge >= 0.3 is 5.97 Å². The number of aliphatic carboxylic acids is 1. The number of hydrogen-bond acceptors (Lipinski definition) is 5. The van der Waals surface area contributed by atoms with E-state index in [4.69, 9.17) is 33.3 Å². The van der Waals surface area contributed by atoms with Crippen LogP contribution in [0.25, 0.3) is 17.4 Å². The molecule has 1 N–H and O–H groups in total. The van der Waals surface area contributed by atoms with Crippen LogP contribution in [0.5, 0.6) is 0 Å². The first-order valence-corrected chi connectivity index (χ1v) is 10.4. The lowest BCUT2D eigenvalue weighted by Gasteiger charge is -2.15. The van der Waals surface area contributed by atoms with E-state index >= 15 is 0 Å². The SMILES string of the molecule is CC(CCCN1C(=O)/C(=C/c2ccc(-c3cc(F)ccc3Cl)o2)SC1=S)C(=O)O. The fourth-order valence-corrected chi connectivity index (χ4v) is 4.26. The van der Waals surface area contributed by atoms with Crippen molar-refractivity contribution in [3.8, 4) is 11.3 Å². The topological polar surface area (TPSA) is 70.8 Å². The van der Waals surface area contributed by atoms with E-state index in [1.54, 1.807) is 25.1 Å². The van der Waals surface area contributed by atoms with Gasteiger partial charge in [-0.25, -0.2) is 4.39 Å². The largest absolute Gasteiger partial charge is 0.481 e. The fourth-order valence-electron chi connectivity index (χ4n) is 2.76. The third kappa shape index (κ3) is 5.07. The van der Waals surface area contributed by atoms with Crippen LogP contribution in [0.15, 0.2) is 39.7 Å². The molecule has 0 aliphatic carbocycles. The van der Waals surface area contributed by atoms with E-state index in [1.807, 2.05) is 0 Å². The van der Waals surface area contributed by atoms with Crippen LogP contribution in [-0.4, -0.2) is 32.7 Å². The number of thiocarbonyl (C=S) groups is 1. The Hall–Kier alpha value is -2.16. The monoisotopic (exact) mass is 453 g/mol. The van der Waals surface area contributed by atoms with Gasteiger partial charge in [-0.15, -0.1) is 0 Å². The summed E-state index contributed by atoms with van der Waals surface area (Å²) in [6.07, 6.45) is 2.58. The van der Waals surface area contributed by atoms with Gasteiger partial charge in [0.15, 0.2) is 0 Å². The smallest absolute Gasteiger partial charge is 0.306 e. The summed E-state index contributed by atoms with van der Waals surface area (Å²) in [6.45, 7) is 1.99. The van der Waals surface area contributed by atoms with Crippen molar-refractivity contribution < 1.29 is 23.5 Å². The number of benzene rings is 1.